The lowest BCUT2D eigenvalue weighted by molar-refractivity contribution is -0.119. The minimum absolute atomic E-state index is 0.411. The van der Waals surface area contributed by atoms with Crippen LogP contribution in [0.15, 0.2) is 42.5 Å². The number of aryl methyl sites for hydroxylation is 2. The fraction of sp³-hybridized carbons (Fsp3) is 0.529. The van der Waals surface area contributed by atoms with Crippen LogP contribution < -0.4 is 14.2 Å². The number of ether oxygens (including phenoxy) is 4. The number of morpholine rings is 1. The summed E-state index contributed by atoms with van der Waals surface area (Å²) in [6.07, 6.45) is 1.76. The fourth-order valence-corrected chi connectivity index (χ4v) is 4.75. The number of nitrogens with zero attached hydrogens (tertiary/aromatic N) is 4. The zero-order chi connectivity index (χ0) is 32.5. The molecule has 0 radical (unpaired) electrons. The lowest BCUT2D eigenvalue weighted by atomic mass is 10.1. The topological polar surface area (TPSA) is 78.3 Å². The van der Waals surface area contributed by atoms with Crippen LogP contribution in [0.4, 0.5) is 0 Å². The van der Waals surface area contributed by atoms with Gasteiger partial charge in [-0.05, 0) is 55.2 Å². The highest BCUT2D eigenvalue weighted by atomic mass is 35.5. The van der Waals surface area contributed by atoms with Crippen molar-refractivity contribution in [1.82, 2.24) is 19.6 Å². The fourth-order valence-electron chi connectivity index (χ4n) is 4.49. The standard InChI is InChI=1S/C24H31ClN2O5.C8H14N2.C2H6/c1-29-21-6-5-20(24(15-21)30-2)17-27(18-28)16-19-4-7-23(22(25)14-19)32-11-3-8-26-9-12-31-13-10-26;1-6(2)8-5-7(3)10(4)9-8;1-2/h4-7,14-15,18H,3,8-13,16-17H2,1-2H3;5-6H,1-4H3;1-2H3. The smallest absolute Gasteiger partial charge is 0.210 e. The molecular weight excluding hydrogens is 580 g/mol. The third-order valence-electron chi connectivity index (χ3n) is 7.10. The van der Waals surface area contributed by atoms with Crippen molar-refractivity contribution < 1.29 is 23.7 Å². The highest BCUT2D eigenvalue weighted by Crippen LogP contribution is 2.28. The average Bonchev–Trinajstić information content (AvgIpc) is 3.39. The molecule has 0 saturated carbocycles. The Bertz CT molecular complexity index is 1240. The maximum Gasteiger partial charge on any atom is 0.210 e. The van der Waals surface area contributed by atoms with E-state index in [-0.39, 0.29) is 0 Å². The van der Waals surface area contributed by atoms with Crippen LogP contribution in [-0.4, -0.2) is 79.7 Å². The Hall–Kier alpha value is -3.27. The molecule has 0 unspecified atom stereocenters. The summed E-state index contributed by atoms with van der Waals surface area (Å²) in [5.74, 6) is 2.58. The van der Waals surface area contributed by atoms with Crippen LogP contribution in [0.25, 0.3) is 0 Å². The van der Waals surface area contributed by atoms with Crippen LogP contribution in [0, 0.1) is 6.92 Å². The van der Waals surface area contributed by atoms with Gasteiger partial charge in [0.15, 0.2) is 0 Å². The summed E-state index contributed by atoms with van der Waals surface area (Å²) < 4.78 is 23.8. The van der Waals surface area contributed by atoms with Gasteiger partial charge in [0.05, 0.1) is 44.8 Å². The number of hydrogen-bond donors (Lipinski definition) is 0. The first-order valence-corrected chi connectivity index (χ1v) is 15.7. The molecule has 0 aliphatic carbocycles. The average molecular weight is 631 g/mol. The van der Waals surface area contributed by atoms with Gasteiger partial charge in [-0.2, -0.15) is 5.10 Å². The van der Waals surface area contributed by atoms with Crippen molar-refractivity contribution in [3.8, 4) is 17.2 Å². The molecule has 1 aliphatic heterocycles. The molecule has 4 rings (SSSR count). The largest absolute Gasteiger partial charge is 0.497 e. The van der Waals surface area contributed by atoms with E-state index in [1.807, 2.05) is 55.9 Å². The molecule has 2 heterocycles. The summed E-state index contributed by atoms with van der Waals surface area (Å²) in [7, 11) is 5.18. The van der Waals surface area contributed by atoms with Crippen LogP contribution in [0.1, 0.15) is 62.5 Å². The van der Waals surface area contributed by atoms with E-state index in [2.05, 4.69) is 36.8 Å². The SMILES string of the molecule is CC.COc1ccc(CN(C=O)Cc2ccc(OCCCN3CCOCC3)c(Cl)c2)c(OC)c1.Cc1cc(C(C)C)nn1C. The van der Waals surface area contributed by atoms with Gasteiger partial charge in [0.1, 0.15) is 17.2 Å². The first-order valence-electron chi connectivity index (χ1n) is 15.4. The number of aromatic nitrogens is 2. The van der Waals surface area contributed by atoms with Gasteiger partial charge in [0, 0.05) is 57.1 Å². The molecule has 1 aromatic heterocycles. The van der Waals surface area contributed by atoms with Crippen molar-refractivity contribution in [1.29, 1.82) is 0 Å². The Kier molecular flexibility index (Phi) is 16.7. The van der Waals surface area contributed by atoms with Gasteiger partial charge in [-0.1, -0.05) is 45.4 Å². The Morgan fingerprint density at radius 2 is 1.75 bits per heavy atom. The van der Waals surface area contributed by atoms with Crippen LogP contribution in [0.3, 0.4) is 0 Å². The van der Waals surface area contributed by atoms with E-state index >= 15 is 0 Å². The number of methoxy groups -OCH3 is 2. The molecule has 10 heteroatoms. The second-order valence-corrected chi connectivity index (χ2v) is 11.0. The van der Waals surface area contributed by atoms with Crippen molar-refractivity contribution in [2.24, 2.45) is 7.05 Å². The van der Waals surface area contributed by atoms with Crippen molar-refractivity contribution in [2.75, 3.05) is 53.7 Å². The first kappa shape index (κ1) is 36.9. The second-order valence-electron chi connectivity index (χ2n) is 10.6. The van der Waals surface area contributed by atoms with Gasteiger partial charge in [-0.15, -0.1) is 0 Å². The molecule has 0 N–H and O–H groups in total. The van der Waals surface area contributed by atoms with Crippen molar-refractivity contribution in [3.05, 3.63) is 70.0 Å². The molecule has 0 atom stereocenters. The number of halogens is 1. The molecule has 2 aromatic carbocycles. The normalized spacial score (nSPS) is 12.9. The van der Waals surface area contributed by atoms with Gasteiger partial charge in [0.2, 0.25) is 6.41 Å². The number of carbonyl (C=O) groups is 1. The van der Waals surface area contributed by atoms with E-state index in [0.29, 0.717) is 47.9 Å². The molecule has 1 fully saturated rings. The van der Waals surface area contributed by atoms with E-state index in [4.69, 9.17) is 30.5 Å². The summed E-state index contributed by atoms with van der Waals surface area (Å²) in [5.41, 5.74) is 4.23. The molecule has 0 spiro atoms. The van der Waals surface area contributed by atoms with Gasteiger partial charge in [0.25, 0.3) is 0 Å². The van der Waals surface area contributed by atoms with Crippen molar-refractivity contribution >= 4 is 18.0 Å². The van der Waals surface area contributed by atoms with Crippen molar-refractivity contribution in [2.45, 2.75) is 60.0 Å². The Balaban J connectivity index is 0.000000473. The first-order chi connectivity index (χ1) is 21.2. The van der Waals surface area contributed by atoms with E-state index in [0.717, 1.165) is 56.8 Å². The van der Waals surface area contributed by atoms with Crippen LogP contribution in [0.2, 0.25) is 5.02 Å². The summed E-state index contributed by atoms with van der Waals surface area (Å²) >= 11 is 6.43. The van der Waals surface area contributed by atoms with E-state index in [1.165, 1.54) is 11.4 Å². The quantitative estimate of drug-likeness (QED) is 0.158. The molecule has 3 aromatic rings. The molecule has 1 aliphatic rings. The predicted octanol–water partition coefficient (Wildman–Crippen LogP) is 6.50. The van der Waals surface area contributed by atoms with Crippen molar-refractivity contribution in [3.63, 3.8) is 0 Å². The Morgan fingerprint density at radius 3 is 2.30 bits per heavy atom. The van der Waals surface area contributed by atoms with Gasteiger partial charge in [-0.25, -0.2) is 0 Å². The zero-order valence-electron chi connectivity index (χ0n) is 27.8. The highest BCUT2D eigenvalue weighted by molar-refractivity contribution is 6.32. The summed E-state index contributed by atoms with van der Waals surface area (Å²) in [4.78, 5) is 15.7. The molecule has 1 saturated heterocycles. The van der Waals surface area contributed by atoms with Gasteiger partial charge >= 0.3 is 0 Å². The Labute approximate surface area is 269 Å². The summed E-state index contributed by atoms with van der Waals surface area (Å²) in [6, 6.07) is 13.3. The van der Waals surface area contributed by atoms with E-state index in [9.17, 15) is 4.79 Å². The number of amides is 1. The van der Waals surface area contributed by atoms with Crippen LogP contribution in [-0.2, 0) is 29.7 Å². The van der Waals surface area contributed by atoms with Crippen LogP contribution in [0.5, 0.6) is 17.2 Å². The lowest BCUT2D eigenvalue weighted by Crippen LogP contribution is -2.37. The summed E-state index contributed by atoms with van der Waals surface area (Å²) in [6.45, 7) is 16.4. The van der Waals surface area contributed by atoms with Gasteiger partial charge < -0.3 is 23.8 Å². The Morgan fingerprint density at radius 1 is 1.02 bits per heavy atom. The lowest BCUT2D eigenvalue weighted by Gasteiger charge is -2.26. The molecule has 1 amide bonds. The molecular formula is C34H51ClN4O5. The molecule has 44 heavy (non-hydrogen) atoms. The molecule has 244 valence electrons. The maximum atomic E-state index is 11.7. The number of hydrogen-bond acceptors (Lipinski definition) is 7. The number of carbonyl (C=O) groups excluding carboxylic acids is 1. The third-order valence-corrected chi connectivity index (χ3v) is 7.40. The minimum atomic E-state index is 0.411. The van der Waals surface area contributed by atoms with Gasteiger partial charge in [-0.3, -0.25) is 14.4 Å². The van der Waals surface area contributed by atoms with E-state index in [1.54, 1.807) is 25.2 Å². The minimum Gasteiger partial charge on any atom is -0.497 e. The van der Waals surface area contributed by atoms with E-state index < -0.39 is 0 Å². The number of rotatable bonds is 13. The van der Waals surface area contributed by atoms with Crippen LogP contribution >= 0.6 is 11.6 Å². The second kappa shape index (κ2) is 19.9. The zero-order valence-corrected chi connectivity index (χ0v) is 28.5. The highest BCUT2D eigenvalue weighted by Gasteiger charge is 2.13. The molecule has 0 bridgehead atoms. The molecule has 9 nitrogen and oxygen atoms in total. The predicted molar refractivity (Wildman–Crippen MR) is 177 cm³/mol. The third kappa shape index (κ3) is 12.0. The maximum absolute atomic E-state index is 11.7. The summed E-state index contributed by atoms with van der Waals surface area (Å²) in [5, 5.41) is 4.87. The number of benzene rings is 2. The monoisotopic (exact) mass is 630 g/mol.